The molecular weight excluding hydrogens is 446 g/mol. The highest BCUT2D eigenvalue weighted by Gasteiger charge is 2.04. The van der Waals surface area contributed by atoms with Gasteiger partial charge in [-0.2, -0.15) is 0 Å². The molecule has 2 rings (SSSR count). The maximum absolute atomic E-state index is 13.4. The Morgan fingerprint density at radius 3 is 1.38 bits per heavy atom. The van der Waals surface area contributed by atoms with E-state index in [-0.39, 0.29) is 49.9 Å². The summed E-state index contributed by atoms with van der Waals surface area (Å²) in [6, 6.07) is 11.6. The van der Waals surface area contributed by atoms with Crippen molar-refractivity contribution in [1.82, 2.24) is 21.3 Å². The fraction of sp³-hybridized carbons (Fsp3) is 0.417. The number of para-hydroxylation sites is 2. The van der Waals surface area contributed by atoms with E-state index in [2.05, 4.69) is 21.3 Å². The molecule has 2 aromatic carbocycles. The number of halogens is 2. The molecule has 0 heterocycles. The predicted molar refractivity (Wildman–Crippen MR) is 125 cm³/mol. The van der Waals surface area contributed by atoms with Gasteiger partial charge in [0, 0.05) is 13.1 Å². The standard InChI is InChI=1S/C24H32F2N4O4/c25-19-9-3-5-11-21(19)33-17-15-29-23(31)27-13-7-1-2-8-14-28-24(32)30-16-18-34-22-12-6-4-10-20(22)26/h3-6,9-12H,1-2,7-8,13-18H2,(H2,27,29,31)(H2,28,30,32). The smallest absolute Gasteiger partial charge is 0.314 e. The maximum Gasteiger partial charge on any atom is 0.314 e. The first kappa shape index (κ1) is 26.7. The molecule has 8 nitrogen and oxygen atoms in total. The Kier molecular flexibility index (Phi) is 12.7. The van der Waals surface area contributed by atoms with Crippen LogP contribution >= 0.6 is 0 Å². The molecule has 0 saturated carbocycles. The lowest BCUT2D eigenvalue weighted by Crippen LogP contribution is -2.38. The Hall–Kier alpha value is -3.56. The molecule has 0 saturated heterocycles. The zero-order chi connectivity index (χ0) is 24.4. The number of benzene rings is 2. The van der Waals surface area contributed by atoms with Gasteiger partial charge in [0.15, 0.2) is 23.1 Å². The number of urea groups is 2. The molecule has 0 aliphatic rings. The summed E-state index contributed by atoms with van der Waals surface area (Å²) in [4.78, 5) is 23.4. The summed E-state index contributed by atoms with van der Waals surface area (Å²) in [7, 11) is 0. The van der Waals surface area contributed by atoms with Gasteiger partial charge in [-0.1, -0.05) is 37.1 Å². The molecule has 0 aromatic heterocycles. The summed E-state index contributed by atoms with van der Waals surface area (Å²) in [5.74, 6) is -0.557. The molecule has 186 valence electrons. The number of unbranched alkanes of at least 4 members (excludes halogenated alkanes) is 3. The molecule has 2 aromatic rings. The van der Waals surface area contributed by atoms with Gasteiger partial charge in [0.2, 0.25) is 0 Å². The van der Waals surface area contributed by atoms with Crippen molar-refractivity contribution in [3.05, 3.63) is 60.2 Å². The molecule has 0 spiro atoms. The fourth-order valence-electron chi connectivity index (χ4n) is 2.91. The van der Waals surface area contributed by atoms with Gasteiger partial charge < -0.3 is 30.7 Å². The minimum absolute atomic E-state index is 0.158. The quantitative estimate of drug-likeness (QED) is 0.294. The topological polar surface area (TPSA) is 101 Å². The minimum atomic E-state index is -0.436. The second-order valence-electron chi connectivity index (χ2n) is 7.34. The van der Waals surface area contributed by atoms with Gasteiger partial charge in [-0.05, 0) is 37.1 Å². The molecule has 4 N–H and O–H groups in total. The number of amides is 4. The minimum Gasteiger partial charge on any atom is -0.489 e. The Morgan fingerprint density at radius 1 is 0.588 bits per heavy atom. The van der Waals surface area contributed by atoms with E-state index in [0.717, 1.165) is 25.7 Å². The highest BCUT2D eigenvalue weighted by Crippen LogP contribution is 2.15. The van der Waals surface area contributed by atoms with E-state index in [1.807, 2.05) is 0 Å². The second-order valence-corrected chi connectivity index (χ2v) is 7.34. The van der Waals surface area contributed by atoms with Crippen LogP contribution in [-0.2, 0) is 0 Å². The molecule has 0 bridgehead atoms. The average molecular weight is 479 g/mol. The highest BCUT2D eigenvalue weighted by molar-refractivity contribution is 5.74. The molecule has 0 aliphatic heterocycles. The van der Waals surface area contributed by atoms with Crippen LogP contribution in [0.1, 0.15) is 25.7 Å². The zero-order valence-electron chi connectivity index (χ0n) is 19.1. The predicted octanol–water partition coefficient (Wildman–Crippen LogP) is 3.58. The second kappa shape index (κ2) is 16.1. The Bertz CT molecular complexity index is 814. The van der Waals surface area contributed by atoms with Crippen LogP contribution in [0.5, 0.6) is 11.5 Å². The molecular formula is C24H32F2N4O4. The first-order chi connectivity index (χ1) is 16.6. The van der Waals surface area contributed by atoms with E-state index in [4.69, 9.17) is 9.47 Å². The van der Waals surface area contributed by atoms with E-state index in [1.165, 1.54) is 24.3 Å². The van der Waals surface area contributed by atoms with Crippen molar-refractivity contribution in [3.8, 4) is 11.5 Å². The van der Waals surface area contributed by atoms with Crippen LogP contribution in [-0.4, -0.2) is 51.5 Å². The molecule has 4 amide bonds. The molecule has 0 unspecified atom stereocenters. The van der Waals surface area contributed by atoms with Gasteiger partial charge in [-0.25, -0.2) is 18.4 Å². The SMILES string of the molecule is O=C(NCCCCCCNC(=O)NCCOc1ccccc1F)NCCOc1ccccc1F. The van der Waals surface area contributed by atoms with Crippen molar-refractivity contribution in [2.75, 3.05) is 39.4 Å². The van der Waals surface area contributed by atoms with Crippen LogP contribution in [0.25, 0.3) is 0 Å². The molecule has 0 aliphatic carbocycles. The summed E-state index contributed by atoms with van der Waals surface area (Å²) in [5.41, 5.74) is 0. The molecule has 10 heteroatoms. The van der Waals surface area contributed by atoms with E-state index in [9.17, 15) is 18.4 Å². The lowest BCUT2D eigenvalue weighted by molar-refractivity contribution is 0.234. The third-order valence-electron chi connectivity index (χ3n) is 4.64. The lowest BCUT2D eigenvalue weighted by atomic mass is 10.2. The zero-order valence-corrected chi connectivity index (χ0v) is 19.1. The average Bonchev–Trinajstić information content (AvgIpc) is 2.83. The van der Waals surface area contributed by atoms with E-state index >= 15 is 0 Å². The number of hydrogen-bond acceptors (Lipinski definition) is 4. The van der Waals surface area contributed by atoms with Crippen LogP contribution in [0.3, 0.4) is 0 Å². The molecule has 0 atom stereocenters. The third kappa shape index (κ3) is 11.3. The van der Waals surface area contributed by atoms with Gasteiger partial charge in [0.05, 0.1) is 13.1 Å². The van der Waals surface area contributed by atoms with Crippen molar-refractivity contribution >= 4 is 12.1 Å². The van der Waals surface area contributed by atoms with Gasteiger partial charge in [0.1, 0.15) is 13.2 Å². The van der Waals surface area contributed by atoms with E-state index in [1.54, 1.807) is 24.3 Å². The number of carbonyl (C=O) groups excluding carboxylic acids is 2. The van der Waals surface area contributed by atoms with Crippen LogP contribution in [0.2, 0.25) is 0 Å². The molecule has 0 fully saturated rings. The summed E-state index contributed by atoms with van der Waals surface area (Å²) < 4.78 is 37.3. The van der Waals surface area contributed by atoms with Crippen molar-refractivity contribution in [3.63, 3.8) is 0 Å². The Morgan fingerprint density at radius 2 is 0.971 bits per heavy atom. The Labute approximate surface area is 198 Å². The summed E-state index contributed by atoms with van der Waals surface area (Å²) in [6.45, 7) is 1.96. The van der Waals surface area contributed by atoms with Crippen molar-refractivity contribution in [1.29, 1.82) is 0 Å². The van der Waals surface area contributed by atoms with Gasteiger partial charge in [0.25, 0.3) is 0 Å². The summed E-state index contributed by atoms with van der Waals surface area (Å²) in [6.07, 6.45) is 3.46. The first-order valence-corrected chi connectivity index (χ1v) is 11.3. The number of rotatable bonds is 15. The number of hydrogen-bond donors (Lipinski definition) is 4. The maximum atomic E-state index is 13.4. The van der Waals surface area contributed by atoms with Gasteiger partial charge in [-0.15, -0.1) is 0 Å². The summed E-state index contributed by atoms with van der Waals surface area (Å²) in [5, 5.41) is 10.8. The molecule has 0 radical (unpaired) electrons. The number of nitrogens with one attached hydrogen (secondary N) is 4. The van der Waals surface area contributed by atoms with Gasteiger partial charge >= 0.3 is 12.1 Å². The van der Waals surface area contributed by atoms with Crippen LogP contribution < -0.4 is 30.7 Å². The van der Waals surface area contributed by atoms with Crippen molar-refractivity contribution in [2.45, 2.75) is 25.7 Å². The van der Waals surface area contributed by atoms with E-state index in [0.29, 0.717) is 13.1 Å². The third-order valence-corrected chi connectivity index (χ3v) is 4.64. The summed E-state index contributed by atoms with van der Waals surface area (Å²) >= 11 is 0. The number of ether oxygens (including phenoxy) is 2. The normalized spacial score (nSPS) is 10.3. The van der Waals surface area contributed by atoms with Crippen LogP contribution in [0, 0.1) is 11.6 Å². The van der Waals surface area contributed by atoms with E-state index < -0.39 is 11.6 Å². The van der Waals surface area contributed by atoms with Crippen LogP contribution in [0.15, 0.2) is 48.5 Å². The van der Waals surface area contributed by atoms with Crippen molar-refractivity contribution < 1.29 is 27.8 Å². The first-order valence-electron chi connectivity index (χ1n) is 11.3. The largest absolute Gasteiger partial charge is 0.489 e. The monoisotopic (exact) mass is 478 g/mol. The lowest BCUT2D eigenvalue weighted by Gasteiger charge is -2.10. The van der Waals surface area contributed by atoms with Gasteiger partial charge in [-0.3, -0.25) is 0 Å². The van der Waals surface area contributed by atoms with Crippen LogP contribution in [0.4, 0.5) is 18.4 Å². The molecule has 34 heavy (non-hydrogen) atoms. The Balaban J connectivity index is 1.36. The fourth-order valence-corrected chi connectivity index (χ4v) is 2.91. The van der Waals surface area contributed by atoms with Crippen molar-refractivity contribution in [2.24, 2.45) is 0 Å². The number of carbonyl (C=O) groups is 2. The highest BCUT2D eigenvalue weighted by atomic mass is 19.1.